The van der Waals surface area contributed by atoms with Crippen LogP contribution in [0.4, 0.5) is 0 Å². The zero-order chi connectivity index (χ0) is 10.8. The molecule has 80 valence electrons. The van der Waals surface area contributed by atoms with Crippen LogP contribution in [0.25, 0.3) is 0 Å². The fourth-order valence-corrected chi connectivity index (χ4v) is 2.01. The van der Waals surface area contributed by atoms with Gasteiger partial charge in [0.25, 0.3) is 0 Å². The zero-order valence-electron chi connectivity index (χ0n) is 9.47. The van der Waals surface area contributed by atoms with E-state index < -0.39 is 0 Å². The summed E-state index contributed by atoms with van der Waals surface area (Å²) in [6.45, 7) is 6.23. The van der Waals surface area contributed by atoms with Gasteiger partial charge in [-0.15, -0.1) is 0 Å². The lowest BCUT2D eigenvalue weighted by atomic mass is 9.90. The molecule has 1 aromatic carbocycles. The quantitative estimate of drug-likeness (QED) is 0.686. The lowest BCUT2D eigenvalue weighted by Crippen LogP contribution is -2.30. The molecule has 0 amide bonds. The highest BCUT2D eigenvalue weighted by Gasteiger charge is 2.29. The van der Waals surface area contributed by atoms with Crippen LogP contribution in [0.3, 0.4) is 0 Å². The molecule has 2 rings (SSSR count). The first-order valence-corrected chi connectivity index (χ1v) is 5.44. The Hall–Kier alpha value is -1.31. The number of aliphatic imine (C=N–C) groups is 1. The number of rotatable bonds is 1. The van der Waals surface area contributed by atoms with Crippen molar-refractivity contribution in [2.75, 3.05) is 0 Å². The van der Waals surface area contributed by atoms with Crippen molar-refractivity contribution in [1.82, 2.24) is 0 Å². The lowest BCUT2D eigenvalue weighted by Gasteiger charge is -2.32. The molecule has 1 aliphatic heterocycles. The Morgan fingerprint density at radius 3 is 2.47 bits per heavy atom. The third-order valence-corrected chi connectivity index (χ3v) is 3.06. The number of benzene rings is 1. The van der Waals surface area contributed by atoms with E-state index >= 15 is 0 Å². The second-order valence-corrected chi connectivity index (χ2v) is 4.19. The second-order valence-electron chi connectivity index (χ2n) is 4.19. The predicted octanol–water partition coefficient (Wildman–Crippen LogP) is 3.20. The molecule has 3 atom stereocenters. The molecule has 0 aromatic heterocycles. The van der Waals surface area contributed by atoms with Gasteiger partial charge >= 0.3 is 0 Å². The highest BCUT2D eigenvalue weighted by atomic mass is 16.5. The van der Waals surface area contributed by atoms with Gasteiger partial charge in [-0.1, -0.05) is 37.3 Å². The van der Waals surface area contributed by atoms with Gasteiger partial charge in [-0.2, -0.15) is 0 Å². The van der Waals surface area contributed by atoms with Crippen LogP contribution in [0.1, 0.15) is 32.4 Å². The Morgan fingerprint density at radius 2 is 1.80 bits per heavy atom. The first-order chi connectivity index (χ1) is 7.18. The van der Waals surface area contributed by atoms with Crippen molar-refractivity contribution in [2.45, 2.75) is 32.9 Å². The average molecular weight is 203 g/mol. The lowest BCUT2D eigenvalue weighted by molar-refractivity contribution is 0.109. The summed E-state index contributed by atoms with van der Waals surface area (Å²) in [5, 5.41) is 0. The van der Waals surface area contributed by atoms with Crippen molar-refractivity contribution in [2.24, 2.45) is 10.9 Å². The van der Waals surface area contributed by atoms with Crippen LogP contribution in [0.5, 0.6) is 0 Å². The molecule has 2 nitrogen and oxygen atoms in total. The number of hydrogen-bond donors (Lipinski definition) is 0. The average Bonchev–Trinajstić information content (AvgIpc) is 2.24. The SMILES string of the molecule is CC1=NC(c2ccccc2)C(C)C(C)O1. The molecule has 0 bridgehead atoms. The molecule has 3 unspecified atom stereocenters. The Morgan fingerprint density at radius 1 is 1.13 bits per heavy atom. The van der Waals surface area contributed by atoms with Crippen molar-refractivity contribution in [3.63, 3.8) is 0 Å². The smallest absolute Gasteiger partial charge is 0.180 e. The third-order valence-electron chi connectivity index (χ3n) is 3.06. The van der Waals surface area contributed by atoms with Crippen LogP contribution in [0.15, 0.2) is 35.3 Å². The third kappa shape index (κ3) is 2.04. The molecule has 0 fully saturated rings. The highest BCUT2D eigenvalue weighted by molar-refractivity contribution is 5.74. The van der Waals surface area contributed by atoms with E-state index in [1.165, 1.54) is 5.56 Å². The van der Waals surface area contributed by atoms with Crippen LogP contribution in [-0.4, -0.2) is 12.0 Å². The maximum atomic E-state index is 5.60. The van der Waals surface area contributed by atoms with E-state index in [4.69, 9.17) is 4.74 Å². The molecule has 1 aliphatic rings. The normalized spacial score (nSPS) is 30.6. The molecular weight excluding hydrogens is 186 g/mol. The van der Waals surface area contributed by atoms with Crippen LogP contribution in [0.2, 0.25) is 0 Å². The molecular formula is C13H17NO. The molecule has 0 saturated carbocycles. The van der Waals surface area contributed by atoms with Gasteiger partial charge < -0.3 is 4.74 Å². The number of ether oxygens (including phenoxy) is 1. The minimum atomic E-state index is 0.243. The number of hydrogen-bond acceptors (Lipinski definition) is 2. The predicted molar refractivity (Wildman–Crippen MR) is 62.0 cm³/mol. The van der Waals surface area contributed by atoms with Gasteiger partial charge in [0.05, 0.1) is 6.04 Å². The summed E-state index contributed by atoms with van der Waals surface area (Å²) in [6, 6.07) is 10.7. The molecule has 1 heterocycles. The largest absolute Gasteiger partial charge is 0.478 e. The van der Waals surface area contributed by atoms with Gasteiger partial charge in [0.2, 0.25) is 0 Å². The fraction of sp³-hybridized carbons (Fsp3) is 0.462. The summed E-state index contributed by atoms with van der Waals surface area (Å²) < 4.78 is 5.60. The minimum Gasteiger partial charge on any atom is -0.478 e. The Balaban J connectivity index is 2.32. The molecule has 0 saturated heterocycles. The van der Waals surface area contributed by atoms with Gasteiger partial charge in [-0.05, 0) is 12.5 Å². The van der Waals surface area contributed by atoms with Gasteiger partial charge in [-0.25, -0.2) is 4.99 Å². The summed E-state index contributed by atoms with van der Waals surface area (Å²) >= 11 is 0. The molecule has 0 spiro atoms. The van der Waals surface area contributed by atoms with Crippen molar-refractivity contribution < 1.29 is 4.74 Å². The Kier molecular flexibility index (Phi) is 2.76. The topological polar surface area (TPSA) is 21.6 Å². The maximum absolute atomic E-state index is 5.60. The van der Waals surface area contributed by atoms with Gasteiger partial charge in [0.15, 0.2) is 5.90 Å². The summed E-state index contributed by atoms with van der Waals surface area (Å²) in [6.07, 6.45) is 0.243. The molecule has 0 N–H and O–H groups in total. The van der Waals surface area contributed by atoms with Crippen LogP contribution >= 0.6 is 0 Å². The van der Waals surface area contributed by atoms with E-state index in [0.717, 1.165) is 5.90 Å². The summed E-state index contributed by atoms with van der Waals surface area (Å²) in [5.41, 5.74) is 1.28. The molecule has 2 heteroatoms. The van der Waals surface area contributed by atoms with Crippen molar-refractivity contribution in [3.8, 4) is 0 Å². The van der Waals surface area contributed by atoms with Gasteiger partial charge in [0, 0.05) is 12.8 Å². The van der Waals surface area contributed by atoms with Gasteiger partial charge in [0.1, 0.15) is 6.10 Å². The summed E-state index contributed by atoms with van der Waals surface area (Å²) in [5.74, 6) is 1.23. The monoisotopic (exact) mass is 203 g/mol. The molecule has 0 aliphatic carbocycles. The fourth-order valence-electron chi connectivity index (χ4n) is 2.01. The highest BCUT2D eigenvalue weighted by Crippen LogP contribution is 2.32. The first kappa shape index (κ1) is 10.2. The standard InChI is InChI=1S/C13H17NO/c1-9-10(2)15-11(3)14-13(9)12-7-5-4-6-8-12/h4-10,13H,1-3H3. The van der Waals surface area contributed by atoms with Crippen LogP contribution in [-0.2, 0) is 4.74 Å². The van der Waals surface area contributed by atoms with E-state index in [2.05, 4.69) is 43.1 Å². The van der Waals surface area contributed by atoms with Crippen molar-refractivity contribution in [1.29, 1.82) is 0 Å². The Bertz CT molecular complexity index is 358. The summed E-state index contributed by atoms with van der Waals surface area (Å²) in [7, 11) is 0. The molecule has 15 heavy (non-hydrogen) atoms. The second kappa shape index (κ2) is 4.05. The van der Waals surface area contributed by atoms with Crippen LogP contribution < -0.4 is 0 Å². The minimum absolute atomic E-state index is 0.243. The van der Waals surface area contributed by atoms with E-state index in [1.807, 2.05) is 13.0 Å². The first-order valence-electron chi connectivity index (χ1n) is 5.44. The van der Waals surface area contributed by atoms with E-state index in [9.17, 15) is 0 Å². The Labute approximate surface area is 91.0 Å². The van der Waals surface area contributed by atoms with E-state index in [1.54, 1.807) is 0 Å². The summed E-state index contributed by atoms with van der Waals surface area (Å²) in [4.78, 5) is 4.58. The van der Waals surface area contributed by atoms with Crippen molar-refractivity contribution in [3.05, 3.63) is 35.9 Å². The van der Waals surface area contributed by atoms with Crippen molar-refractivity contribution >= 4 is 5.90 Å². The van der Waals surface area contributed by atoms with E-state index in [0.29, 0.717) is 5.92 Å². The number of nitrogens with zero attached hydrogens (tertiary/aromatic N) is 1. The van der Waals surface area contributed by atoms with Gasteiger partial charge in [-0.3, -0.25) is 0 Å². The zero-order valence-corrected chi connectivity index (χ0v) is 9.47. The molecule has 0 radical (unpaired) electrons. The van der Waals surface area contributed by atoms with Crippen LogP contribution in [0, 0.1) is 5.92 Å². The molecule has 1 aromatic rings. The van der Waals surface area contributed by atoms with E-state index in [-0.39, 0.29) is 12.1 Å². The maximum Gasteiger partial charge on any atom is 0.180 e.